The molecule has 0 saturated heterocycles. The fraction of sp³-hybridized carbons (Fsp3) is 0.286. The molecule has 0 saturated carbocycles. The lowest BCUT2D eigenvalue weighted by Crippen LogP contribution is -2.30. The van der Waals surface area contributed by atoms with E-state index in [4.69, 9.17) is 0 Å². The Morgan fingerprint density at radius 1 is 1.32 bits per heavy atom. The maximum absolute atomic E-state index is 12.6. The highest BCUT2D eigenvalue weighted by Crippen LogP contribution is 2.30. The number of aliphatic hydroxyl groups is 1. The number of anilines is 1. The lowest BCUT2D eigenvalue weighted by Gasteiger charge is -2.21. The summed E-state index contributed by atoms with van der Waals surface area (Å²) in [7, 11) is 0. The molecule has 3 aromatic rings. The fourth-order valence-corrected chi connectivity index (χ4v) is 4.17. The molecule has 0 radical (unpaired) electrons. The van der Waals surface area contributed by atoms with Gasteiger partial charge in [0.2, 0.25) is 5.91 Å². The molecule has 1 amide bonds. The van der Waals surface area contributed by atoms with Crippen molar-refractivity contribution in [1.29, 1.82) is 0 Å². The van der Waals surface area contributed by atoms with Crippen LogP contribution in [-0.4, -0.2) is 38.5 Å². The molecule has 0 unspecified atom stereocenters. The number of amides is 1. The van der Waals surface area contributed by atoms with Crippen molar-refractivity contribution in [1.82, 2.24) is 14.9 Å². The first-order valence-electron chi connectivity index (χ1n) is 9.24. The molecule has 28 heavy (non-hydrogen) atoms. The molecule has 1 aliphatic rings. The number of hydrogen-bond donors (Lipinski definition) is 2. The smallest absolute Gasteiger partial charge is 0.230 e. The number of carbonyl (C=O) groups excluding carboxylic acids is 1. The van der Waals surface area contributed by atoms with Crippen molar-refractivity contribution in [2.75, 3.05) is 11.9 Å². The SMILES string of the molecule is C[C@H](CO)N1Cc2cccc(NC(=O)Cc3csc(-c4cccnc4)n3)c2C1. The van der Waals surface area contributed by atoms with Gasteiger partial charge >= 0.3 is 0 Å². The predicted octanol–water partition coefficient (Wildman–Crippen LogP) is 3.08. The summed E-state index contributed by atoms with van der Waals surface area (Å²) in [6.07, 6.45) is 3.73. The van der Waals surface area contributed by atoms with Crippen LogP contribution >= 0.6 is 11.3 Å². The summed E-state index contributed by atoms with van der Waals surface area (Å²) in [4.78, 5) is 23.5. The van der Waals surface area contributed by atoms with Crippen LogP contribution in [-0.2, 0) is 24.3 Å². The van der Waals surface area contributed by atoms with Crippen LogP contribution in [0.1, 0.15) is 23.7 Å². The van der Waals surface area contributed by atoms with Crippen LogP contribution in [0.3, 0.4) is 0 Å². The summed E-state index contributed by atoms with van der Waals surface area (Å²) in [6.45, 7) is 3.65. The number of thiazole rings is 1. The predicted molar refractivity (Wildman–Crippen MR) is 110 cm³/mol. The molecule has 0 bridgehead atoms. The third-order valence-electron chi connectivity index (χ3n) is 4.97. The Labute approximate surface area is 167 Å². The molecule has 2 aromatic heterocycles. The van der Waals surface area contributed by atoms with Crippen LogP contribution in [0.2, 0.25) is 0 Å². The van der Waals surface area contributed by atoms with Crippen molar-refractivity contribution in [3.8, 4) is 10.6 Å². The molecule has 0 aliphatic carbocycles. The number of pyridine rings is 1. The zero-order valence-electron chi connectivity index (χ0n) is 15.6. The third-order valence-corrected chi connectivity index (χ3v) is 5.91. The van der Waals surface area contributed by atoms with Gasteiger partial charge in [0.05, 0.1) is 18.7 Å². The van der Waals surface area contributed by atoms with Gasteiger partial charge in [0, 0.05) is 48.2 Å². The Kier molecular flexibility index (Phi) is 5.47. The van der Waals surface area contributed by atoms with Crippen LogP contribution in [0.5, 0.6) is 0 Å². The van der Waals surface area contributed by atoms with Gasteiger partial charge in [-0.05, 0) is 36.2 Å². The lowest BCUT2D eigenvalue weighted by molar-refractivity contribution is -0.115. The van der Waals surface area contributed by atoms with Crippen LogP contribution < -0.4 is 5.32 Å². The number of fused-ring (bicyclic) bond motifs is 1. The second kappa shape index (κ2) is 8.18. The maximum Gasteiger partial charge on any atom is 0.230 e. The number of benzene rings is 1. The van der Waals surface area contributed by atoms with Crippen molar-refractivity contribution in [2.45, 2.75) is 32.5 Å². The monoisotopic (exact) mass is 394 g/mol. The first-order valence-corrected chi connectivity index (χ1v) is 10.1. The number of nitrogens with zero attached hydrogens (tertiary/aromatic N) is 3. The van der Waals surface area contributed by atoms with E-state index < -0.39 is 0 Å². The fourth-order valence-electron chi connectivity index (χ4n) is 3.36. The van der Waals surface area contributed by atoms with Gasteiger partial charge in [0.1, 0.15) is 5.01 Å². The second-order valence-corrected chi connectivity index (χ2v) is 7.85. The second-order valence-electron chi connectivity index (χ2n) is 6.99. The molecule has 4 rings (SSSR count). The summed E-state index contributed by atoms with van der Waals surface area (Å²) in [5.74, 6) is -0.0786. The maximum atomic E-state index is 12.6. The number of aromatic nitrogens is 2. The molecule has 6 nitrogen and oxygen atoms in total. The van der Waals surface area contributed by atoms with Gasteiger partial charge in [-0.3, -0.25) is 14.7 Å². The van der Waals surface area contributed by atoms with E-state index >= 15 is 0 Å². The Balaban J connectivity index is 1.43. The summed E-state index contributed by atoms with van der Waals surface area (Å²) in [5.41, 5.74) is 4.89. The molecule has 0 spiro atoms. The molecule has 0 fully saturated rings. The highest BCUT2D eigenvalue weighted by molar-refractivity contribution is 7.13. The van der Waals surface area contributed by atoms with Crippen molar-refractivity contribution < 1.29 is 9.90 Å². The quantitative estimate of drug-likeness (QED) is 0.672. The van der Waals surface area contributed by atoms with Crippen LogP contribution in [0.25, 0.3) is 10.6 Å². The van der Waals surface area contributed by atoms with E-state index in [2.05, 4.69) is 26.3 Å². The zero-order chi connectivity index (χ0) is 19.5. The first-order chi connectivity index (χ1) is 13.6. The summed E-state index contributed by atoms with van der Waals surface area (Å²) in [6, 6.07) is 9.91. The minimum atomic E-state index is -0.0786. The Bertz CT molecular complexity index is 974. The van der Waals surface area contributed by atoms with Gasteiger partial charge in [0.25, 0.3) is 0 Å². The van der Waals surface area contributed by atoms with E-state index in [1.807, 2.05) is 36.6 Å². The standard InChI is InChI=1S/C21H22N4O2S/c1-14(12-26)25-10-16-4-2-6-19(18(16)11-25)24-20(27)8-17-13-28-21(23-17)15-5-3-7-22-9-15/h2-7,9,13-14,26H,8,10-12H2,1H3,(H,24,27)/t14-/m1/s1. The van der Waals surface area contributed by atoms with Crippen LogP contribution in [0, 0.1) is 0 Å². The Morgan fingerprint density at radius 3 is 3.00 bits per heavy atom. The molecule has 7 heteroatoms. The highest BCUT2D eigenvalue weighted by Gasteiger charge is 2.25. The summed E-state index contributed by atoms with van der Waals surface area (Å²) < 4.78 is 0. The van der Waals surface area contributed by atoms with Crippen LogP contribution in [0.4, 0.5) is 5.69 Å². The summed E-state index contributed by atoms with van der Waals surface area (Å²) >= 11 is 1.52. The molecular formula is C21H22N4O2S. The number of carbonyl (C=O) groups is 1. The van der Waals surface area contributed by atoms with E-state index in [9.17, 15) is 9.90 Å². The van der Waals surface area contributed by atoms with Gasteiger partial charge in [-0.2, -0.15) is 0 Å². The molecule has 1 atom stereocenters. The average molecular weight is 395 g/mol. The molecule has 1 aliphatic heterocycles. The largest absolute Gasteiger partial charge is 0.395 e. The topological polar surface area (TPSA) is 78.4 Å². The van der Waals surface area contributed by atoms with Gasteiger partial charge in [0.15, 0.2) is 0 Å². The number of rotatable bonds is 6. The van der Waals surface area contributed by atoms with E-state index in [1.54, 1.807) is 12.4 Å². The van der Waals surface area contributed by atoms with Crippen molar-refractivity contribution >= 4 is 22.9 Å². The first kappa shape index (κ1) is 18.7. The number of aliphatic hydroxyl groups excluding tert-OH is 1. The van der Waals surface area contributed by atoms with Crippen molar-refractivity contribution in [3.63, 3.8) is 0 Å². The third kappa shape index (κ3) is 3.96. The highest BCUT2D eigenvalue weighted by atomic mass is 32.1. The van der Waals surface area contributed by atoms with Gasteiger partial charge in [-0.1, -0.05) is 12.1 Å². The average Bonchev–Trinajstić information content (AvgIpc) is 3.35. The van der Waals surface area contributed by atoms with E-state index in [1.165, 1.54) is 16.9 Å². The van der Waals surface area contributed by atoms with Gasteiger partial charge in [-0.15, -0.1) is 11.3 Å². The molecule has 1 aromatic carbocycles. The summed E-state index contributed by atoms with van der Waals surface area (Å²) in [5, 5.41) is 15.2. The Morgan fingerprint density at radius 2 is 2.21 bits per heavy atom. The van der Waals surface area contributed by atoms with Gasteiger partial charge in [-0.25, -0.2) is 4.98 Å². The Hall–Kier alpha value is -2.61. The van der Waals surface area contributed by atoms with Crippen molar-refractivity contribution in [3.05, 3.63) is 64.9 Å². The molecule has 3 heterocycles. The van der Waals surface area contributed by atoms with E-state index in [0.717, 1.165) is 40.6 Å². The van der Waals surface area contributed by atoms with Gasteiger partial charge < -0.3 is 10.4 Å². The normalized spacial score (nSPS) is 14.6. The zero-order valence-corrected chi connectivity index (χ0v) is 16.4. The lowest BCUT2D eigenvalue weighted by atomic mass is 10.1. The van der Waals surface area contributed by atoms with Crippen molar-refractivity contribution in [2.24, 2.45) is 0 Å². The van der Waals surface area contributed by atoms with E-state index in [0.29, 0.717) is 0 Å². The minimum absolute atomic E-state index is 0.0786. The molecule has 144 valence electrons. The van der Waals surface area contributed by atoms with E-state index in [-0.39, 0.29) is 25.0 Å². The molecule has 2 N–H and O–H groups in total. The molecular weight excluding hydrogens is 372 g/mol. The number of hydrogen-bond acceptors (Lipinski definition) is 6. The van der Waals surface area contributed by atoms with Crippen LogP contribution in [0.15, 0.2) is 48.1 Å². The minimum Gasteiger partial charge on any atom is -0.395 e. The number of nitrogens with one attached hydrogen (secondary N) is 1.